The van der Waals surface area contributed by atoms with Crippen LogP contribution < -0.4 is 10.6 Å². The van der Waals surface area contributed by atoms with Gasteiger partial charge in [0.1, 0.15) is 11.9 Å². The maximum absolute atomic E-state index is 12.3. The van der Waals surface area contributed by atoms with Crippen LogP contribution in [-0.2, 0) is 4.74 Å². The highest BCUT2D eigenvalue weighted by Crippen LogP contribution is 2.17. The molecule has 150 valence electrons. The van der Waals surface area contributed by atoms with E-state index in [1.54, 1.807) is 48.2 Å². The number of nitrogens with zero attached hydrogens (tertiary/aromatic N) is 4. The summed E-state index contributed by atoms with van der Waals surface area (Å²) in [6.07, 6.45) is 1.26. The van der Waals surface area contributed by atoms with E-state index in [9.17, 15) is 9.59 Å². The molecule has 0 spiro atoms. The normalized spacial score (nSPS) is 14.0. The molecule has 1 aromatic heterocycles. The van der Waals surface area contributed by atoms with Crippen LogP contribution in [0, 0.1) is 11.3 Å². The van der Waals surface area contributed by atoms with E-state index < -0.39 is 5.91 Å². The highest BCUT2D eigenvalue weighted by atomic mass is 16.6. The zero-order valence-electron chi connectivity index (χ0n) is 16.1. The Morgan fingerprint density at radius 3 is 2.62 bits per heavy atom. The molecule has 1 aliphatic heterocycles. The summed E-state index contributed by atoms with van der Waals surface area (Å²) in [6, 6.07) is 12.2. The number of hydrogen-bond acceptors (Lipinski definition) is 7. The number of nitrogens with one attached hydrogen (secondary N) is 2. The van der Waals surface area contributed by atoms with Crippen LogP contribution in [0.2, 0.25) is 0 Å². The van der Waals surface area contributed by atoms with Crippen molar-refractivity contribution in [3.8, 4) is 6.07 Å². The fourth-order valence-electron chi connectivity index (χ4n) is 3.04. The van der Waals surface area contributed by atoms with Crippen molar-refractivity contribution in [1.82, 2.24) is 15.1 Å². The molecule has 1 fully saturated rings. The van der Waals surface area contributed by atoms with E-state index in [0.29, 0.717) is 36.8 Å². The van der Waals surface area contributed by atoms with Gasteiger partial charge in [0.15, 0.2) is 5.69 Å². The van der Waals surface area contributed by atoms with E-state index >= 15 is 0 Å². The Kier molecular flexibility index (Phi) is 6.58. The molecule has 0 saturated carbocycles. The van der Waals surface area contributed by atoms with Crippen LogP contribution in [0.15, 0.2) is 36.4 Å². The van der Waals surface area contributed by atoms with Gasteiger partial charge in [0, 0.05) is 19.1 Å². The second kappa shape index (κ2) is 9.50. The van der Waals surface area contributed by atoms with Gasteiger partial charge in [0.2, 0.25) is 0 Å². The lowest BCUT2D eigenvalue weighted by atomic mass is 10.1. The number of benzene rings is 1. The molecule has 9 heteroatoms. The molecule has 2 heterocycles. The Bertz CT molecular complexity index is 901. The molecule has 2 N–H and O–H groups in total. The molecule has 9 nitrogen and oxygen atoms in total. The minimum atomic E-state index is -0.436. The number of likely N-dealkylation sites (tertiary alicyclic amines) is 1. The Balaban J connectivity index is 1.53. The Morgan fingerprint density at radius 1 is 1.21 bits per heavy atom. The summed E-state index contributed by atoms with van der Waals surface area (Å²) >= 11 is 0. The Hall–Kier alpha value is -3.67. The summed E-state index contributed by atoms with van der Waals surface area (Å²) < 4.78 is 5.02. The molecule has 0 bridgehead atoms. The molecule has 0 unspecified atom stereocenters. The van der Waals surface area contributed by atoms with Gasteiger partial charge < -0.3 is 20.3 Å². The molecule has 29 heavy (non-hydrogen) atoms. The summed E-state index contributed by atoms with van der Waals surface area (Å²) in [5.41, 5.74) is 0.957. The van der Waals surface area contributed by atoms with Gasteiger partial charge in [-0.15, -0.1) is 10.2 Å². The van der Waals surface area contributed by atoms with Crippen LogP contribution >= 0.6 is 0 Å². The number of carbonyl (C=O) groups is 2. The molecule has 0 aliphatic carbocycles. The van der Waals surface area contributed by atoms with Gasteiger partial charge in [-0.25, -0.2) is 4.79 Å². The highest BCUT2D eigenvalue weighted by molar-refractivity contribution is 6.03. The largest absolute Gasteiger partial charge is 0.450 e. The standard InChI is InChI=1S/C20H22N6O3/c1-2-29-20(28)26-11-9-15(10-12-26)22-18-8-7-17(24-25-18)19(27)23-16-6-4-3-5-14(16)13-21/h3-8,15H,2,9-12H2,1H3,(H,22,25)(H,23,27). The Morgan fingerprint density at radius 2 is 1.97 bits per heavy atom. The van der Waals surface area contributed by atoms with Gasteiger partial charge >= 0.3 is 6.09 Å². The molecular formula is C20H22N6O3. The molecule has 1 aromatic carbocycles. The average molecular weight is 394 g/mol. The van der Waals surface area contributed by atoms with Gasteiger partial charge in [0.25, 0.3) is 5.91 Å². The minimum absolute atomic E-state index is 0.153. The third-order valence-corrected chi connectivity index (χ3v) is 4.57. The van der Waals surface area contributed by atoms with Crippen LogP contribution in [0.4, 0.5) is 16.3 Å². The van der Waals surface area contributed by atoms with Crippen molar-refractivity contribution in [2.24, 2.45) is 0 Å². The second-order valence-corrected chi connectivity index (χ2v) is 6.52. The quantitative estimate of drug-likeness (QED) is 0.800. The third kappa shape index (κ3) is 5.19. The molecule has 0 atom stereocenters. The molecule has 2 amide bonds. The lowest BCUT2D eigenvalue weighted by molar-refractivity contribution is 0.0982. The number of aromatic nitrogens is 2. The molecular weight excluding hydrogens is 372 g/mol. The first-order chi connectivity index (χ1) is 14.1. The van der Waals surface area contributed by atoms with Crippen LogP contribution in [0.3, 0.4) is 0 Å². The number of rotatable bonds is 5. The van der Waals surface area contributed by atoms with Gasteiger partial charge in [0.05, 0.1) is 17.9 Å². The number of anilines is 2. The smallest absolute Gasteiger partial charge is 0.409 e. The third-order valence-electron chi connectivity index (χ3n) is 4.57. The molecule has 3 rings (SSSR count). The summed E-state index contributed by atoms with van der Waals surface area (Å²) in [4.78, 5) is 25.8. The van der Waals surface area contributed by atoms with Crippen molar-refractivity contribution >= 4 is 23.5 Å². The van der Waals surface area contributed by atoms with E-state index in [1.165, 1.54) is 0 Å². The van der Waals surface area contributed by atoms with Crippen molar-refractivity contribution in [2.75, 3.05) is 30.3 Å². The Labute approximate surface area is 168 Å². The first kappa shape index (κ1) is 20.1. The summed E-state index contributed by atoms with van der Waals surface area (Å²) in [5.74, 6) is 0.128. The maximum atomic E-state index is 12.3. The van der Waals surface area contributed by atoms with Gasteiger partial charge in [-0.2, -0.15) is 5.26 Å². The van der Waals surface area contributed by atoms with Crippen molar-refractivity contribution in [3.05, 3.63) is 47.7 Å². The predicted molar refractivity (Wildman–Crippen MR) is 106 cm³/mol. The number of carbonyl (C=O) groups excluding carboxylic acids is 2. The molecule has 2 aromatic rings. The van der Waals surface area contributed by atoms with Crippen LogP contribution in [0.5, 0.6) is 0 Å². The fourth-order valence-corrected chi connectivity index (χ4v) is 3.04. The second-order valence-electron chi connectivity index (χ2n) is 6.52. The van der Waals surface area contributed by atoms with Gasteiger partial charge in [-0.05, 0) is 44.0 Å². The first-order valence-corrected chi connectivity index (χ1v) is 9.43. The fraction of sp³-hybridized carbons (Fsp3) is 0.350. The van der Waals surface area contributed by atoms with Crippen molar-refractivity contribution in [3.63, 3.8) is 0 Å². The van der Waals surface area contributed by atoms with Crippen molar-refractivity contribution in [2.45, 2.75) is 25.8 Å². The average Bonchev–Trinajstić information content (AvgIpc) is 2.75. The zero-order chi connectivity index (χ0) is 20.6. The van der Waals surface area contributed by atoms with Crippen molar-refractivity contribution < 1.29 is 14.3 Å². The van der Waals surface area contributed by atoms with Crippen molar-refractivity contribution in [1.29, 1.82) is 5.26 Å². The number of amides is 2. The van der Waals surface area contributed by atoms with Crippen LogP contribution in [-0.4, -0.2) is 52.8 Å². The summed E-state index contributed by atoms with van der Waals surface area (Å²) in [5, 5.41) is 23.1. The van der Waals surface area contributed by atoms with Gasteiger partial charge in [-0.3, -0.25) is 4.79 Å². The van der Waals surface area contributed by atoms with Crippen LogP contribution in [0.1, 0.15) is 35.8 Å². The number of para-hydroxylation sites is 1. The number of ether oxygens (including phenoxy) is 1. The monoisotopic (exact) mass is 394 g/mol. The minimum Gasteiger partial charge on any atom is -0.450 e. The number of nitriles is 1. The van der Waals surface area contributed by atoms with E-state index in [1.807, 2.05) is 6.07 Å². The summed E-state index contributed by atoms with van der Waals surface area (Å²) in [7, 11) is 0. The van der Waals surface area contributed by atoms with Crippen LogP contribution in [0.25, 0.3) is 0 Å². The zero-order valence-corrected chi connectivity index (χ0v) is 16.1. The number of hydrogen-bond donors (Lipinski definition) is 2. The lowest BCUT2D eigenvalue weighted by Gasteiger charge is -2.31. The molecule has 0 radical (unpaired) electrons. The number of piperidine rings is 1. The molecule has 1 saturated heterocycles. The SMILES string of the molecule is CCOC(=O)N1CCC(Nc2ccc(C(=O)Nc3ccccc3C#N)nn2)CC1. The van der Waals surface area contributed by atoms with E-state index in [0.717, 1.165) is 12.8 Å². The lowest BCUT2D eigenvalue weighted by Crippen LogP contribution is -2.42. The topological polar surface area (TPSA) is 120 Å². The van der Waals surface area contributed by atoms with E-state index in [-0.39, 0.29) is 17.8 Å². The van der Waals surface area contributed by atoms with Gasteiger partial charge in [-0.1, -0.05) is 12.1 Å². The van der Waals surface area contributed by atoms with E-state index in [2.05, 4.69) is 20.8 Å². The highest BCUT2D eigenvalue weighted by Gasteiger charge is 2.23. The molecule has 1 aliphatic rings. The maximum Gasteiger partial charge on any atom is 0.409 e. The predicted octanol–water partition coefficient (Wildman–Crippen LogP) is 2.63. The summed E-state index contributed by atoms with van der Waals surface area (Å²) in [6.45, 7) is 3.39. The van der Waals surface area contributed by atoms with E-state index in [4.69, 9.17) is 10.00 Å². The first-order valence-electron chi connectivity index (χ1n) is 9.43.